The Balaban J connectivity index is 2.69. The lowest BCUT2D eigenvalue weighted by atomic mass is 10.2. The van der Waals surface area contributed by atoms with Gasteiger partial charge in [-0.1, -0.05) is 13.8 Å². The first kappa shape index (κ1) is 10.7. The van der Waals surface area contributed by atoms with E-state index >= 15 is 0 Å². The molecule has 0 aliphatic heterocycles. The highest BCUT2D eigenvalue weighted by atomic mass is 15.3. The van der Waals surface area contributed by atoms with E-state index in [0.29, 0.717) is 0 Å². The third kappa shape index (κ3) is 2.57. The molecule has 1 N–H and O–H groups in total. The normalized spacial score (nSPS) is 12.4. The van der Waals surface area contributed by atoms with Gasteiger partial charge in [-0.3, -0.25) is 10.00 Å². The smallest absolute Gasteiger partial charge is 0.124 e. The number of hydrogen-bond acceptors (Lipinski definition) is 3. The number of nitrogens with one attached hydrogen (secondary N) is 1. The summed E-state index contributed by atoms with van der Waals surface area (Å²) in [6, 6.07) is 1.98. The summed E-state index contributed by atoms with van der Waals surface area (Å²) in [6.07, 6.45) is 4.74. The molecule has 76 valence electrons. The Morgan fingerprint density at radius 3 is 3.00 bits per heavy atom. The second-order valence-electron chi connectivity index (χ2n) is 3.16. The molecule has 0 aliphatic carbocycles. The van der Waals surface area contributed by atoms with Gasteiger partial charge in [0, 0.05) is 18.3 Å². The van der Waals surface area contributed by atoms with Crippen molar-refractivity contribution in [1.82, 2.24) is 15.1 Å². The zero-order chi connectivity index (χ0) is 10.4. The standard InChI is InChI=1S/C10H16N4/c1-3-5-14-8-9(7-13-14)10(6-11)12-4-2/h7-8,10,12H,3-5H2,1-2H3. The van der Waals surface area contributed by atoms with E-state index in [0.717, 1.165) is 25.1 Å². The van der Waals surface area contributed by atoms with E-state index in [2.05, 4.69) is 23.4 Å². The average Bonchev–Trinajstić information content (AvgIpc) is 2.63. The highest BCUT2D eigenvalue weighted by Crippen LogP contribution is 2.10. The molecule has 1 aromatic heterocycles. The Bertz CT molecular complexity index is 310. The van der Waals surface area contributed by atoms with Crippen molar-refractivity contribution in [2.24, 2.45) is 0 Å². The lowest BCUT2D eigenvalue weighted by Crippen LogP contribution is -2.18. The van der Waals surface area contributed by atoms with Crippen molar-refractivity contribution in [3.63, 3.8) is 0 Å². The second-order valence-corrected chi connectivity index (χ2v) is 3.16. The zero-order valence-corrected chi connectivity index (χ0v) is 8.70. The van der Waals surface area contributed by atoms with E-state index in [1.807, 2.05) is 17.8 Å². The summed E-state index contributed by atoms with van der Waals surface area (Å²) >= 11 is 0. The molecule has 0 radical (unpaired) electrons. The Morgan fingerprint density at radius 1 is 1.64 bits per heavy atom. The van der Waals surface area contributed by atoms with E-state index in [1.54, 1.807) is 6.20 Å². The average molecular weight is 192 g/mol. The number of aromatic nitrogens is 2. The van der Waals surface area contributed by atoms with Crippen LogP contribution in [0.3, 0.4) is 0 Å². The van der Waals surface area contributed by atoms with E-state index < -0.39 is 0 Å². The molecule has 1 unspecified atom stereocenters. The molecule has 0 bridgehead atoms. The Labute approximate surface area is 84.5 Å². The summed E-state index contributed by atoms with van der Waals surface area (Å²) in [5, 5.41) is 16.2. The molecule has 1 aromatic rings. The van der Waals surface area contributed by atoms with Gasteiger partial charge in [0.2, 0.25) is 0 Å². The van der Waals surface area contributed by atoms with E-state index in [4.69, 9.17) is 5.26 Å². The van der Waals surface area contributed by atoms with Gasteiger partial charge >= 0.3 is 0 Å². The quantitative estimate of drug-likeness (QED) is 0.768. The van der Waals surface area contributed by atoms with Crippen LogP contribution >= 0.6 is 0 Å². The van der Waals surface area contributed by atoms with Crippen LogP contribution in [-0.2, 0) is 6.54 Å². The monoisotopic (exact) mass is 192 g/mol. The van der Waals surface area contributed by atoms with E-state index in [1.165, 1.54) is 0 Å². The van der Waals surface area contributed by atoms with Gasteiger partial charge in [-0.25, -0.2) is 0 Å². The van der Waals surface area contributed by atoms with Gasteiger partial charge in [-0.05, 0) is 13.0 Å². The second kappa shape index (κ2) is 5.40. The van der Waals surface area contributed by atoms with Crippen LogP contribution in [0.5, 0.6) is 0 Å². The third-order valence-corrected chi connectivity index (χ3v) is 1.98. The molecule has 0 amide bonds. The van der Waals surface area contributed by atoms with Crippen molar-refractivity contribution in [2.45, 2.75) is 32.9 Å². The third-order valence-electron chi connectivity index (χ3n) is 1.98. The molecule has 0 fully saturated rings. The molecular formula is C10H16N4. The minimum Gasteiger partial charge on any atom is -0.298 e. The maximum absolute atomic E-state index is 8.90. The summed E-state index contributed by atoms with van der Waals surface area (Å²) in [4.78, 5) is 0. The predicted octanol–water partition coefficient (Wildman–Crippen LogP) is 1.47. The molecule has 1 atom stereocenters. The summed E-state index contributed by atoms with van der Waals surface area (Å²) in [7, 11) is 0. The predicted molar refractivity (Wildman–Crippen MR) is 54.5 cm³/mol. The van der Waals surface area contributed by atoms with Crippen LogP contribution in [0.2, 0.25) is 0 Å². The summed E-state index contributed by atoms with van der Waals surface area (Å²) in [6.45, 7) is 5.79. The lowest BCUT2D eigenvalue weighted by Gasteiger charge is -2.05. The van der Waals surface area contributed by atoms with Crippen LogP contribution in [-0.4, -0.2) is 16.3 Å². The fourth-order valence-electron chi connectivity index (χ4n) is 1.32. The maximum atomic E-state index is 8.90. The van der Waals surface area contributed by atoms with Crippen LogP contribution in [0.25, 0.3) is 0 Å². The van der Waals surface area contributed by atoms with Gasteiger partial charge in [0.25, 0.3) is 0 Å². The SMILES string of the molecule is CCCn1cc(C(C#N)NCC)cn1. The van der Waals surface area contributed by atoms with Crippen LogP contribution in [0.1, 0.15) is 31.9 Å². The van der Waals surface area contributed by atoms with Gasteiger partial charge in [0.05, 0.1) is 12.3 Å². The largest absolute Gasteiger partial charge is 0.298 e. The number of nitrogens with zero attached hydrogens (tertiary/aromatic N) is 3. The van der Waals surface area contributed by atoms with Gasteiger partial charge in [-0.2, -0.15) is 10.4 Å². The van der Waals surface area contributed by atoms with Crippen molar-refractivity contribution in [2.75, 3.05) is 6.54 Å². The van der Waals surface area contributed by atoms with Crippen molar-refractivity contribution in [1.29, 1.82) is 5.26 Å². The minimum absolute atomic E-state index is 0.231. The Kier molecular flexibility index (Phi) is 4.14. The van der Waals surface area contributed by atoms with E-state index in [9.17, 15) is 0 Å². The van der Waals surface area contributed by atoms with Crippen LogP contribution in [0.4, 0.5) is 0 Å². The summed E-state index contributed by atoms with van der Waals surface area (Å²) in [5.74, 6) is 0. The molecule has 0 aromatic carbocycles. The molecule has 0 aliphatic rings. The molecule has 0 saturated heterocycles. The molecule has 1 rings (SSSR count). The van der Waals surface area contributed by atoms with E-state index in [-0.39, 0.29) is 6.04 Å². The van der Waals surface area contributed by atoms with Crippen LogP contribution < -0.4 is 5.32 Å². The first-order valence-electron chi connectivity index (χ1n) is 4.97. The number of nitriles is 1. The highest BCUT2D eigenvalue weighted by Gasteiger charge is 2.10. The Morgan fingerprint density at radius 2 is 2.43 bits per heavy atom. The zero-order valence-electron chi connectivity index (χ0n) is 8.70. The van der Waals surface area contributed by atoms with Crippen molar-refractivity contribution >= 4 is 0 Å². The molecule has 0 spiro atoms. The maximum Gasteiger partial charge on any atom is 0.124 e. The first-order chi connectivity index (χ1) is 6.81. The van der Waals surface area contributed by atoms with Gasteiger partial charge in [-0.15, -0.1) is 0 Å². The molecule has 1 heterocycles. The molecule has 0 saturated carbocycles. The molecule has 4 nitrogen and oxygen atoms in total. The Hall–Kier alpha value is -1.34. The molecule has 14 heavy (non-hydrogen) atoms. The van der Waals surface area contributed by atoms with Gasteiger partial charge < -0.3 is 0 Å². The number of rotatable bonds is 5. The molecule has 4 heteroatoms. The summed E-state index contributed by atoms with van der Waals surface area (Å²) < 4.78 is 1.87. The number of hydrogen-bond donors (Lipinski definition) is 1. The van der Waals surface area contributed by atoms with Crippen molar-refractivity contribution < 1.29 is 0 Å². The van der Waals surface area contributed by atoms with Crippen molar-refractivity contribution in [3.05, 3.63) is 18.0 Å². The van der Waals surface area contributed by atoms with Gasteiger partial charge in [0.15, 0.2) is 0 Å². The topological polar surface area (TPSA) is 53.6 Å². The lowest BCUT2D eigenvalue weighted by molar-refractivity contribution is 0.599. The summed E-state index contributed by atoms with van der Waals surface area (Å²) in [5.41, 5.74) is 0.947. The fourth-order valence-corrected chi connectivity index (χ4v) is 1.32. The van der Waals surface area contributed by atoms with Crippen molar-refractivity contribution in [3.8, 4) is 6.07 Å². The number of aryl methyl sites for hydroxylation is 1. The highest BCUT2D eigenvalue weighted by molar-refractivity contribution is 5.17. The minimum atomic E-state index is -0.231. The molecular weight excluding hydrogens is 176 g/mol. The first-order valence-corrected chi connectivity index (χ1v) is 4.97. The van der Waals surface area contributed by atoms with Gasteiger partial charge in [0.1, 0.15) is 6.04 Å². The van der Waals surface area contributed by atoms with Crippen LogP contribution in [0.15, 0.2) is 12.4 Å². The van der Waals surface area contributed by atoms with Crippen LogP contribution in [0, 0.1) is 11.3 Å². The fraction of sp³-hybridized carbons (Fsp3) is 0.600.